The third-order valence-corrected chi connectivity index (χ3v) is 4.50. The zero-order valence-electron chi connectivity index (χ0n) is 13.9. The monoisotopic (exact) mass is 349 g/mol. The molecule has 0 saturated heterocycles. The summed E-state index contributed by atoms with van der Waals surface area (Å²) in [5, 5.41) is 20.0. The molecule has 3 heterocycles. The molecule has 8 heteroatoms. The van der Waals surface area contributed by atoms with E-state index in [-0.39, 0.29) is 5.82 Å². The smallest absolute Gasteiger partial charge is 0.124 e. The molecule has 3 aromatic heterocycles. The summed E-state index contributed by atoms with van der Waals surface area (Å²) in [6, 6.07) is 8.45. The fraction of sp³-hybridized carbons (Fsp3) is 0.222. The van der Waals surface area contributed by atoms with E-state index in [2.05, 4.69) is 31.7 Å². The van der Waals surface area contributed by atoms with Gasteiger partial charge in [0, 0.05) is 23.9 Å². The standard InChI is InChI=1S/C18H16FN7/c19-13-4-5-18(26-7-1-6-20-26)15(8-13)17-11-25(24-23-17)10-14-9-16(22-21-14)12-2-3-12/h1,4-9,11-12H,2-3,10H2,(H,21,22). The van der Waals surface area contributed by atoms with Crippen LogP contribution in [0.1, 0.15) is 30.1 Å². The van der Waals surface area contributed by atoms with Crippen LogP contribution in [-0.2, 0) is 6.54 Å². The Morgan fingerprint density at radius 3 is 2.96 bits per heavy atom. The van der Waals surface area contributed by atoms with Crippen molar-refractivity contribution in [1.29, 1.82) is 0 Å². The van der Waals surface area contributed by atoms with Gasteiger partial charge in [-0.1, -0.05) is 5.21 Å². The van der Waals surface area contributed by atoms with E-state index in [9.17, 15) is 4.39 Å². The lowest BCUT2D eigenvalue weighted by Crippen LogP contribution is -2.00. The fourth-order valence-electron chi connectivity index (χ4n) is 3.05. The van der Waals surface area contributed by atoms with Gasteiger partial charge in [-0.15, -0.1) is 5.10 Å². The van der Waals surface area contributed by atoms with Gasteiger partial charge in [0.15, 0.2) is 0 Å². The lowest BCUT2D eigenvalue weighted by molar-refractivity contribution is 0.627. The van der Waals surface area contributed by atoms with E-state index in [0.717, 1.165) is 17.1 Å². The van der Waals surface area contributed by atoms with Crippen LogP contribution in [0.2, 0.25) is 0 Å². The summed E-state index contributed by atoms with van der Waals surface area (Å²) in [5.74, 6) is 0.281. The predicted octanol–water partition coefficient (Wildman–Crippen LogP) is 2.92. The molecule has 1 saturated carbocycles. The van der Waals surface area contributed by atoms with Gasteiger partial charge in [-0.2, -0.15) is 10.2 Å². The molecule has 1 aliphatic rings. The van der Waals surface area contributed by atoms with Gasteiger partial charge in [-0.25, -0.2) is 13.8 Å². The van der Waals surface area contributed by atoms with Crippen LogP contribution in [0.5, 0.6) is 0 Å². The molecule has 0 atom stereocenters. The van der Waals surface area contributed by atoms with Crippen LogP contribution in [0.25, 0.3) is 16.9 Å². The number of hydrogen-bond acceptors (Lipinski definition) is 4. The average Bonchev–Trinajstić information content (AvgIpc) is 3.07. The molecule has 4 aromatic rings. The van der Waals surface area contributed by atoms with Crippen LogP contribution in [0, 0.1) is 5.82 Å². The van der Waals surface area contributed by atoms with Gasteiger partial charge < -0.3 is 0 Å². The summed E-state index contributed by atoms with van der Waals surface area (Å²) in [6.07, 6.45) is 7.73. The van der Waals surface area contributed by atoms with Gasteiger partial charge in [-0.3, -0.25) is 5.10 Å². The summed E-state index contributed by atoms with van der Waals surface area (Å²) in [5.41, 5.74) is 4.09. The minimum Gasteiger partial charge on any atom is -0.280 e. The third-order valence-electron chi connectivity index (χ3n) is 4.50. The van der Waals surface area contributed by atoms with Gasteiger partial charge in [0.2, 0.25) is 0 Å². The predicted molar refractivity (Wildman–Crippen MR) is 92.2 cm³/mol. The number of benzene rings is 1. The van der Waals surface area contributed by atoms with Gasteiger partial charge in [0.25, 0.3) is 0 Å². The number of rotatable bonds is 5. The quantitative estimate of drug-likeness (QED) is 0.601. The lowest BCUT2D eigenvalue weighted by atomic mass is 10.1. The molecule has 0 amide bonds. The van der Waals surface area contributed by atoms with Crippen molar-refractivity contribution < 1.29 is 4.39 Å². The molecule has 26 heavy (non-hydrogen) atoms. The van der Waals surface area contributed by atoms with E-state index in [0.29, 0.717) is 23.7 Å². The van der Waals surface area contributed by atoms with Crippen molar-refractivity contribution in [3.05, 3.63) is 66.1 Å². The molecule has 1 aromatic carbocycles. The molecule has 1 N–H and O–H groups in total. The molecule has 0 aliphatic heterocycles. The Labute approximate surface area is 148 Å². The highest BCUT2D eigenvalue weighted by Crippen LogP contribution is 2.39. The van der Waals surface area contributed by atoms with Crippen LogP contribution in [-0.4, -0.2) is 35.0 Å². The first-order chi connectivity index (χ1) is 12.8. The maximum absolute atomic E-state index is 13.8. The SMILES string of the molecule is Fc1ccc(-n2cccn2)c(-c2cn(Cc3cc(C4CC4)n[nH]3)nn2)c1. The Balaban J connectivity index is 1.45. The number of aromatic nitrogens is 7. The Kier molecular flexibility index (Phi) is 3.41. The Hall–Kier alpha value is -3.29. The Morgan fingerprint density at radius 2 is 2.15 bits per heavy atom. The van der Waals surface area contributed by atoms with Crippen LogP contribution in [0.4, 0.5) is 4.39 Å². The Morgan fingerprint density at radius 1 is 1.23 bits per heavy atom. The van der Waals surface area contributed by atoms with Crippen LogP contribution < -0.4 is 0 Å². The minimum atomic E-state index is -0.326. The number of hydrogen-bond donors (Lipinski definition) is 1. The molecule has 130 valence electrons. The van der Waals surface area contributed by atoms with E-state index < -0.39 is 0 Å². The molecule has 0 spiro atoms. The van der Waals surface area contributed by atoms with Crippen LogP contribution >= 0.6 is 0 Å². The Bertz CT molecular complexity index is 1040. The van der Waals surface area contributed by atoms with E-state index in [1.807, 2.05) is 12.3 Å². The summed E-state index contributed by atoms with van der Waals surface area (Å²) in [6.45, 7) is 0.541. The van der Waals surface area contributed by atoms with Crippen molar-refractivity contribution in [3.8, 4) is 16.9 Å². The van der Waals surface area contributed by atoms with E-state index in [1.165, 1.54) is 25.0 Å². The van der Waals surface area contributed by atoms with Crippen molar-refractivity contribution >= 4 is 0 Å². The molecule has 0 radical (unpaired) electrons. The van der Waals surface area contributed by atoms with Crippen molar-refractivity contribution in [2.24, 2.45) is 0 Å². The summed E-state index contributed by atoms with van der Waals surface area (Å²) >= 11 is 0. The second-order valence-corrected chi connectivity index (χ2v) is 6.51. The van der Waals surface area contributed by atoms with Crippen molar-refractivity contribution in [3.63, 3.8) is 0 Å². The van der Waals surface area contributed by atoms with Crippen LogP contribution in [0.15, 0.2) is 48.9 Å². The highest BCUT2D eigenvalue weighted by atomic mass is 19.1. The van der Waals surface area contributed by atoms with Gasteiger partial charge >= 0.3 is 0 Å². The van der Waals surface area contributed by atoms with E-state index in [1.54, 1.807) is 27.8 Å². The van der Waals surface area contributed by atoms with Crippen LogP contribution in [0.3, 0.4) is 0 Å². The first-order valence-electron chi connectivity index (χ1n) is 8.50. The normalized spacial score (nSPS) is 14.0. The number of halogens is 1. The van der Waals surface area contributed by atoms with Gasteiger partial charge in [0.1, 0.15) is 11.5 Å². The van der Waals surface area contributed by atoms with Crippen molar-refractivity contribution in [2.75, 3.05) is 0 Å². The number of nitrogens with one attached hydrogen (secondary N) is 1. The molecule has 1 fully saturated rings. The average molecular weight is 349 g/mol. The molecular weight excluding hydrogens is 333 g/mol. The molecule has 5 rings (SSSR count). The molecule has 0 bridgehead atoms. The maximum Gasteiger partial charge on any atom is 0.124 e. The molecule has 7 nitrogen and oxygen atoms in total. The highest BCUT2D eigenvalue weighted by Gasteiger charge is 2.26. The first-order valence-corrected chi connectivity index (χ1v) is 8.50. The first kappa shape index (κ1) is 15.0. The second-order valence-electron chi connectivity index (χ2n) is 6.51. The molecular formula is C18H16FN7. The number of aromatic amines is 1. The topological polar surface area (TPSA) is 77.2 Å². The van der Waals surface area contributed by atoms with E-state index in [4.69, 9.17) is 0 Å². The lowest BCUT2D eigenvalue weighted by Gasteiger charge is -2.07. The zero-order valence-corrected chi connectivity index (χ0v) is 13.9. The largest absolute Gasteiger partial charge is 0.280 e. The molecule has 0 unspecified atom stereocenters. The summed E-state index contributed by atoms with van der Waals surface area (Å²) in [4.78, 5) is 0. The van der Waals surface area contributed by atoms with Crippen molar-refractivity contribution in [2.45, 2.75) is 25.3 Å². The fourth-order valence-corrected chi connectivity index (χ4v) is 3.05. The maximum atomic E-state index is 13.8. The zero-order chi connectivity index (χ0) is 17.5. The van der Waals surface area contributed by atoms with Gasteiger partial charge in [0.05, 0.1) is 29.8 Å². The molecule has 1 aliphatic carbocycles. The van der Waals surface area contributed by atoms with E-state index >= 15 is 0 Å². The number of nitrogens with zero attached hydrogens (tertiary/aromatic N) is 6. The minimum absolute atomic E-state index is 0.326. The second kappa shape index (κ2) is 5.91. The van der Waals surface area contributed by atoms with Gasteiger partial charge in [-0.05, 0) is 43.2 Å². The number of H-pyrrole nitrogens is 1. The van der Waals surface area contributed by atoms with Crippen molar-refractivity contribution in [1.82, 2.24) is 35.0 Å². The third kappa shape index (κ3) is 2.79. The summed E-state index contributed by atoms with van der Waals surface area (Å²) < 4.78 is 17.2. The highest BCUT2D eigenvalue weighted by molar-refractivity contribution is 5.69. The summed E-state index contributed by atoms with van der Waals surface area (Å²) in [7, 11) is 0.